The van der Waals surface area contributed by atoms with Crippen molar-refractivity contribution < 1.29 is 39.0 Å². The summed E-state index contributed by atoms with van der Waals surface area (Å²) in [4.78, 5) is 21.5. The molecule has 0 heterocycles. The molecule has 0 spiro atoms. The SMILES string of the molecule is CC(C)(C)OC(=O)/C=C/C(=O)[O][Ag]. The standard InChI is InChI=1S/C8H12O4.Ag/c1-8(2,3)12-7(11)5-4-6(9)10;/h4-5H,1-3H3,(H,9,10);/q;+1/p-1/b5-4+;. The zero-order valence-corrected chi connectivity index (χ0v) is 9.07. The maximum absolute atomic E-state index is 10.9. The Kier molecular flexibility index (Phi) is 4.98. The second-order valence-corrected chi connectivity index (χ2v) is 3.55. The van der Waals surface area contributed by atoms with Gasteiger partial charge >= 0.3 is 89.5 Å². The number of carbonyl (C=O) groups is 2. The van der Waals surface area contributed by atoms with E-state index in [1.165, 1.54) is 0 Å². The normalized spacial score (nSPS) is 11.5. The van der Waals surface area contributed by atoms with Gasteiger partial charge in [0.05, 0.1) is 0 Å². The third-order valence-electron chi connectivity index (χ3n) is 0.823. The average Bonchev–Trinajstić information content (AvgIpc) is 1.97. The van der Waals surface area contributed by atoms with E-state index in [0.29, 0.717) is 0 Å². The minimum absolute atomic E-state index is 0.556. The number of esters is 1. The van der Waals surface area contributed by atoms with Crippen molar-refractivity contribution in [3.8, 4) is 0 Å². The van der Waals surface area contributed by atoms with Gasteiger partial charge in [-0.3, -0.25) is 0 Å². The Balaban J connectivity index is 4.02. The molecule has 0 aromatic heterocycles. The molecule has 0 radical (unpaired) electrons. The monoisotopic (exact) mass is 278 g/mol. The molecule has 0 aliphatic rings. The molecule has 0 bridgehead atoms. The van der Waals surface area contributed by atoms with Crippen molar-refractivity contribution in [2.45, 2.75) is 26.4 Å². The van der Waals surface area contributed by atoms with Gasteiger partial charge in [0.15, 0.2) is 0 Å². The van der Waals surface area contributed by atoms with Gasteiger partial charge in [0.2, 0.25) is 0 Å². The molecule has 0 aromatic carbocycles. The van der Waals surface area contributed by atoms with E-state index >= 15 is 0 Å². The summed E-state index contributed by atoms with van der Waals surface area (Å²) in [7, 11) is 0. The van der Waals surface area contributed by atoms with Crippen LogP contribution in [0.2, 0.25) is 0 Å². The van der Waals surface area contributed by atoms with Gasteiger partial charge in [0.1, 0.15) is 0 Å². The Labute approximate surface area is 89.7 Å². The summed E-state index contributed by atoms with van der Waals surface area (Å²) in [6.45, 7) is 5.21. The van der Waals surface area contributed by atoms with Crippen LogP contribution in [0.1, 0.15) is 20.8 Å². The summed E-state index contributed by atoms with van der Waals surface area (Å²) in [6, 6.07) is 0. The van der Waals surface area contributed by atoms with Crippen LogP contribution >= 0.6 is 0 Å². The first kappa shape index (κ1) is 12.4. The number of carbonyl (C=O) groups excluding carboxylic acids is 2. The molecule has 4 nitrogen and oxygen atoms in total. The second kappa shape index (κ2) is 5.21. The van der Waals surface area contributed by atoms with Gasteiger partial charge in [0, 0.05) is 0 Å². The Morgan fingerprint density at radius 2 is 1.62 bits per heavy atom. The topological polar surface area (TPSA) is 52.6 Å². The van der Waals surface area contributed by atoms with Crippen LogP contribution < -0.4 is 0 Å². The molecule has 0 saturated carbocycles. The first-order chi connectivity index (χ1) is 5.85. The Morgan fingerprint density at radius 3 is 2.00 bits per heavy atom. The minimum atomic E-state index is -0.662. The van der Waals surface area contributed by atoms with Gasteiger partial charge in [-0.1, -0.05) is 0 Å². The third-order valence-corrected chi connectivity index (χ3v) is 1.12. The molecule has 0 atom stereocenters. The van der Waals surface area contributed by atoms with Crippen molar-refractivity contribution in [1.29, 1.82) is 0 Å². The quantitative estimate of drug-likeness (QED) is 0.428. The number of hydrogen-bond donors (Lipinski definition) is 0. The Morgan fingerprint density at radius 1 is 1.15 bits per heavy atom. The number of hydrogen-bond acceptors (Lipinski definition) is 4. The van der Waals surface area contributed by atoms with E-state index in [-0.39, 0.29) is 0 Å². The van der Waals surface area contributed by atoms with Crippen LogP contribution in [0.3, 0.4) is 0 Å². The van der Waals surface area contributed by atoms with E-state index in [0.717, 1.165) is 12.2 Å². The maximum atomic E-state index is 10.9. The predicted molar refractivity (Wildman–Crippen MR) is 41.1 cm³/mol. The van der Waals surface area contributed by atoms with E-state index in [2.05, 4.69) is 24.7 Å². The molecule has 0 rings (SSSR count). The van der Waals surface area contributed by atoms with Crippen LogP contribution in [-0.2, 0) is 39.0 Å². The molecule has 0 saturated heterocycles. The molecule has 0 unspecified atom stereocenters. The summed E-state index contributed by atoms with van der Waals surface area (Å²) in [6.07, 6.45) is 1.98. The van der Waals surface area contributed by atoms with Gasteiger partial charge in [0.25, 0.3) is 0 Å². The molecule has 0 aliphatic carbocycles. The molecule has 13 heavy (non-hydrogen) atoms. The summed E-state index contributed by atoms with van der Waals surface area (Å²) < 4.78 is 8.99. The summed E-state index contributed by atoms with van der Waals surface area (Å²) in [5, 5.41) is 0. The molecule has 5 heteroatoms. The van der Waals surface area contributed by atoms with Crippen LogP contribution in [0.15, 0.2) is 12.2 Å². The summed E-state index contributed by atoms with van der Waals surface area (Å²) in [5.41, 5.74) is -0.556. The van der Waals surface area contributed by atoms with E-state index in [4.69, 9.17) is 4.74 Å². The first-order valence-corrected chi connectivity index (χ1v) is 4.16. The summed E-state index contributed by atoms with van der Waals surface area (Å²) >= 11 is 2.49. The van der Waals surface area contributed by atoms with Crippen molar-refractivity contribution >= 4 is 11.9 Å². The van der Waals surface area contributed by atoms with Crippen molar-refractivity contribution in [2.24, 2.45) is 0 Å². The van der Waals surface area contributed by atoms with Crippen molar-refractivity contribution in [2.75, 3.05) is 0 Å². The van der Waals surface area contributed by atoms with Crippen molar-refractivity contribution in [3.05, 3.63) is 12.2 Å². The van der Waals surface area contributed by atoms with Gasteiger partial charge in [-0.2, -0.15) is 0 Å². The molecule has 0 aliphatic heterocycles. The zero-order chi connectivity index (χ0) is 10.5. The molecule has 0 amide bonds. The van der Waals surface area contributed by atoms with Crippen LogP contribution in [0.4, 0.5) is 0 Å². The second-order valence-electron chi connectivity index (χ2n) is 3.25. The molecule has 78 valence electrons. The molecule has 0 aromatic rings. The van der Waals surface area contributed by atoms with Gasteiger partial charge in [-0.15, -0.1) is 0 Å². The third kappa shape index (κ3) is 7.77. The predicted octanol–water partition coefficient (Wildman–Crippen LogP) is 0.889. The van der Waals surface area contributed by atoms with Gasteiger partial charge in [-0.25, -0.2) is 0 Å². The molecule has 0 N–H and O–H groups in total. The van der Waals surface area contributed by atoms with Crippen LogP contribution in [0, 0.1) is 0 Å². The zero-order valence-electron chi connectivity index (χ0n) is 7.59. The number of ether oxygens (including phenoxy) is 1. The van der Waals surface area contributed by atoms with Crippen LogP contribution in [0.25, 0.3) is 0 Å². The molecule has 0 fully saturated rings. The fraction of sp³-hybridized carbons (Fsp3) is 0.500. The Hall–Kier alpha value is -0.580. The van der Waals surface area contributed by atoms with E-state index < -0.39 is 17.5 Å². The van der Waals surface area contributed by atoms with Gasteiger partial charge < -0.3 is 0 Å². The van der Waals surface area contributed by atoms with E-state index in [9.17, 15) is 9.59 Å². The molecular weight excluding hydrogens is 268 g/mol. The van der Waals surface area contributed by atoms with E-state index in [1.54, 1.807) is 20.8 Å². The van der Waals surface area contributed by atoms with E-state index in [1.807, 2.05) is 0 Å². The fourth-order valence-electron chi connectivity index (χ4n) is 0.492. The Bertz CT molecular complexity index is 227. The number of rotatable bonds is 2. The molecular formula is C8H11AgO4. The fourth-order valence-corrected chi connectivity index (χ4v) is 0.593. The summed E-state index contributed by atoms with van der Waals surface area (Å²) in [5.74, 6) is -1.24. The average molecular weight is 279 g/mol. The van der Waals surface area contributed by atoms with Crippen LogP contribution in [-0.4, -0.2) is 17.5 Å². The van der Waals surface area contributed by atoms with Gasteiger partial charge in [-0.05, 0) is 0 Å². The van der Waals surface area contributed by atoms with Crippen molar-refractivity contribution in [1.82, 2.24) is 0 Å². The van der Waals surface area contributed by atoms with Crippen LogP contribution in [0.5, 0.6) is 0 Å². The van der Waals surface area contributed by atoms with Crippen molar-refractivity contribution in [3.63, 3.8) is 0 Å². The first-order valence-electron chi connectivity index (χ1n) is 3.55.